The first kappa shape index (κ1) is 22.2. The van der Waals surface area contributed by atoms with Crippen LogP contribution in [0, 0.1) is 12.7 Å². The number of hydrogen-bond donors (Lipinski definition) is 1. The maximum atomic E-state index is 13.2. The summed E-state index contributed by atoms with van der Waals surface area (Å²) in [5, 5.41) is 5.25. The van der Waals surface area contributed by atoms with E-state index in [4.69, 9.17) is 4.74 Å². The van der Waals surface area contributed by atoms with Crippen molar-refractivity contribution in [3.8, 4) is 26.8 Å². The molecule has 0 bridgehead atoms. The van der Waals surface area contributed by atoms with Gasteiger partial charge in [0.1, 0.15) is 11.6 Å². The van der Waals surface area contributed by atoms with Gasteiger partial charge < -0.3 is 4.74 Å². The second kappa shape index (κ2) is 9.63. The molecule has 0 saturated heterocycles. The average molecular weight is 467 g/mol. The molecule has 0 spiro atoms. The largest absolute Gasteiger partial charge is 0.483 e. The van der Waals surface area contributed by atoms with E-state index in [1.165, 1.54) is 23.5 Å². The molecule has 4 aromatic rings. The number of ether oxygens (including phenoxy) is 1. The standard InChI is InChI=1S/C25H23FN2O2S2/c1-15(2)19-9-4-16(3)12-21(19)30-13-24(29)28-25-27-20(14-31-25)23-11-10-22(32-23)17-5-7-18(26)8-6-17/h4-12,14-15H,13H2,1-3H3,(H,27,28,29). The highest BCUT2D eigenvalue weighted by Crippen LogP contribution is 2.35. The van der Waals surface area contributed by atoms with Gasteiger partial charge in [0, 0.05) is 10.3 Å². The van der Waals surface area contributed by atoms with Crippen molar-refractivity contribution in [3.05, 3.63) is 76.9 Å². The van der Waals surface area contributed by atoms with Crippen LogP contribution in [-0.2, 0) is 4.79 Å². The minimum atomic E-state index is -0.253. The zero-order chi connectivity index (χ0) is 22.7. The van der Waals surface area contributed by atoms with E-state index >= 15 is 0 Å². The van der Waals surface area contributed by atoms with Gasteiger partial charge in [-0.05, 0) is 59.9 Å². The third kappa shape index (κ3) is 5.23. The summed E-state index contributed by atoms with van der Waals surface area (Å²) in [5.74, 6) is 0.542. The quantitative estimate of drug-likeness (QED) is 0.315. The van der Waals surface area contributed by atoms with Crippen LogP contribution in [0.5, 0.6) is 5.75 Å². The van der Waals surface area contributed by atoms with Crippen molar-refractivity contribution in [3.63, 3.8) is 0 Å². The monoisotopic (exact) mass is 466 g/mol. The first-order valence-corrected chi connectivity index (χ1v) is 11.9. The molecule has 2 aromatic heterocycles. The van der Waals surface area contributed by atoms with Crippen LogP contribution < -0.4 is 10.1 Å². The Kier molecular flexibility index (Phi) is 6.67. The lowest BCUT2D eigenvalue weighted by Crippen LogP contribution is -2.20. The Morgan fingerprint density at radius 2 is 1.84 bits per heavy atom. The van der Waals surface area contributed by atoms with Crippen molar-refractivity contribution >= 4 is 33.7 Å². The zero-order valence-electron chi connectivity index (χ0n) is 18.0. The molecule has 0 fully saturated rings. The number of thiophene rings is 1. The number of aryl methyl sites for hydroxylation is 1. The van der Waals surface area contributed by atoms with E-state index in [9.17, 15) is 9.18 Å². The minimum Gasteiger partial charge on any atom is -0.483 e. The summed E-state index contributed by atoms with van der Waals surface area (Å²) in [6, 6.07) is 16.5. The van der Waals surface area contributed by atoms with Crippen LogP contribution in [0.2, 0.25) is 0 Å². The Bertz CT molecular complexity index is 1230. The lowest BCUT2D eigenvalue weighted by molar-refractivity contribution is -0.118. The van der Waals surface area contributed by atoms with E-state index < -0.39 is 0 Å². The summed E-state index contributed by atoms with van der Waals surface area (Å²) >= 11 is 2.94. The summed E-state index contributed by atoms with van der Waals surface area (Å²) in [5.41, 5.74) is 3.92. The SMILES string of the molecule is Cc1ccc(C(C)C)c(OCC(=O)Nc2nc(-c3ccc(-c4ccc(F)cc4)s3)cs2)c1. The maximum absolute atomic E-state index is 13.2. The van der Waals surface area contributed by atoms with E-state index in [1.54, 1.807) is 23.5 Å². The predicted octanol–water partition coefficient (Wildman–Crippen LogP) is 7.13. The Labute approximate surface area is 194 Å². The molecule has 4 rings (SSSR count). The molecule has 0 atom stereocenters. The van der Waals surface area contributed by atoms with Crippen molar-refractivity contribution in [2.45, 2.75) is 26.7 Å². The number of aromatic nitrogens is 1. The number of anilines is 1. The van der Waals surface area contributed by atoms with Gasteiger partial charge in [0.25, 0.3) is 5.91 Å². The Balaban J connectivity index is 1.39. The Morgan fingerprint density at radius 1 is 1.09 bits per heavy atom. The summed E-state index contributed by atoms with van der Waals surface area (Å²) < 4.78 is 19.0. The molecule has 0 saturated carbocycles. The molecule has 0 aliphatic carbocycles. The summed E-state index contributed by atoms with van der Waals surface area (Å²) in [7, 11) is 0. The van der Waals surface area contributed by atoms with Gasteiger partial charge in [-0.15, -0.1) is 22.7 Å². The van der Waals surface area contributed by atoms with Gasteiger partial charge in [0.15, 0.2) is 11.7 Å². The van der Waals surface area contributed by atoms with E-state index in [-0.39, 0.29) is 18.3 Å². The second-order valence-electron chi connectivity index (χ2n) is 7.74. The van der Waals surface area contributed by atoms with Gasteiger partial charge >= 0.3 is 0 Å². The number of carbonyl (C=O) groups is 1. The fourth-order valence-electron chi connectivity index (χ4n) is 3.23. The number of nitrogens with zero attached hydrogens (tertiary/aromatic N) is 1. The van der Waals surface area contributed by atoms with Gasteiger partial charge in [-0.1, -0.05) is 38.1 Å². The molecule has 32 heavy (non-hydrogen) atoms. The number of carbonyl (C=O) groups excluding carboxylic acids is 1. The molecular formula is C25H23FN2O2S2. The molecule has 2 aromatic carbocycles. The molecule has 0 aliphatic heterocycles. The fraction of sp³-hybridized carbons (Fsp3) is 0.200. The van der Waals surface area contributed by atoms with Crippen molar-refractivity contribution in [2.75, 3.05) is 11.9 Å². The van der Waals surface area contributed by atoms with E-state index in [1.807, 2.05) is 42.6 Å². The van der Waals surface area contributed by atoms with Gasteiger partial charge in [-0.3, -0.25) is 10.1 Å². The van der Waals surface area contributed by atoms with E-state index in [2.05, 4.69) is 24.1 Å². The van der Waals surface area contributed by atoms with Crippen LogP contribution >= 0.6 is 22.7 Å². The highest BCUT2D eigenvalue weighted by molar-refractivity contribution is 7.19. The lowest BCUT2D eigenvalue weighted by Gasteiger charge is -2.14. The first-order chi connectivity index (χ1) is 15.4. The third-order valence-electron chi connectivity index (χ3n) is 4.89. The van der Waals surface area contributed by atoms with Crippen LogP contribution in [0.15, 0.2) is 60.0 Å². The first-order valence-electron chi connectivity index (χ1n) is 10.2. The molecule has 1 N–H and O–H groups in total. The molecule has 0 radical (unpaired) electrons. The highest BCUT2D eigenvalue weighted by Gasteiger charge is 2.13. The summed E-state index contributed by atoms with van der Waals surface area (Å²) in [4.78, 5) is 19.0. The van der Waals surface area contributed by atoms with Crippen LogP contribution in [0.1, 0.15) is 30.9 Å². The van der Waals surface area contributed by atoms with Crippen molar-refractivity contribution in [1.29, 1.82) is 0 Å². The molecular weight excluding hydrogens is 443 g/mol. The summed E-state index contributed by atoms with van der Waals surface area (Å²) in [6.07, 6.45) is 0. The minimum absolute atomic E-state index is 0.0776. The Hall–Kier alpha value is -3.03. The number of halogens is 1. The number of amides is 1. The Morgan fingerprint density at radius 3 is 2.59 bits per heavy atom. The van der Waals surface area contributed by atoms with Crippen LogP contribution in [0.3, 0.4) is 0 Å². The summed E-state index contributed by atoms with van der Waals surface area (Å²) in [6.45, 7) is 6.12. The predicted molar refractivity (Wildman–Crippen MR) is 130 cm³/mol. The maximum Gasteiger partial charge on any atom is 0.264 e. The van der Waals surface area contributed by atoms with E-state index in [0.29, 0.717) is 11.0 Å². The lowest BCUT2D eigenvalue weighted by atomic mass is 10.0. The molecule has 2 heterocycles. The molecule has 164 valence electrons. The molecule has 4 nitrogen and oxygen atoms in total. The zero-order valence-corrected chi connectivity index (χ0v) is 19.6. The normalized spacial score (nSPS) is 11.0. The fourth-order valence-corrected chi connectivity index (χ4v) is 5.00. The number of thiazole rings is 1. The van der Waals surface area contributed by atoms with Crippen LogP contribution in [0.4, 0.5) is 9.52 Å². The van der Waals surface area contributed by atoms with Crippen molar-refractivity contribution < 1.29 is 13.9 Å². The smallest absolute Gasteiger partial charge is 0.264 e. The van der Waals surface area contributed by atoms with Gasteiger partial charge in [-0.25, -0.2) is 9.37 Å². The van der Waals surface area contributed by atoms with Gasteiger partial charge in [0.05, 0.1) is 10.6 Å². The van der Waals surface area contributed by atoms with Crippen LogP contribution in [0.25, 0.3) is 21.0 Å². The third-order valence-corrected chi connectivity index (χ3v) is 6.80. The molecule has 0 aliphatic rings. The number of benzene rings is 2. The van der Waals surface area contributed by atoms with E-state index in [0.717, 1.165) is 37.9 Å². The van der Waals surface area contributed by atoms with Gasteiger partial charge in [0.2, 0.25) is 0 Å². The number of rotatable bonds is 7. The molecule has 0 unspecified atom stereocenters. The second-order valence-corrected chi connectivity index (χ2v) is 9.68. The highest BCUT2D eigenvalue weighted by atomic mass is 32.1. The van der Waals surface area contributed by atoms with Gasteiger partial charge in [-0.2, -0.15) is 0 Å². The number of hydrogen-bond acceptors (Lipinski definition) is 5. The average Bonchev–Trinajstić information content (AvgIpc) is 3.42. The molecule has 1 amide bonds. The van der Waals surface area contributed by atoms with Crippen molar-refractivity contribution in [2.24, 2.45) is 0 Å². The topological polar surface area (TPSA) is 51.2 Å². The van der Waals surface area contributed by atoms with Crippen molar-refractivity contribution in [1.82, 2.24) is 4.98 Å². The van der Waals surface area contributed by atoms with Crippen LogP contribution in [-0.4, -0.2) is 17.5 Å². The number of nitrogens with one attached hydrogen (secondary N) is 1. The molecule has 7 heteroatoms.